The molecule has 0 N–H and O–H groups in total. The van der Waals surface area contributed by atoms with Crippen LogP contribution in [0.5, 0.6) is 0 Å². The lowest BCUT2D eigenvalue weighted by molar-refractivity contribution is -0.162. The average molecular weight is 309 g/mol. The summed E-state index contributed by atoms with van der Waals surface area (Å²) in [6.07, 6.45) is 2.63. The number of esters is 1. The minimum atomic E-state index is -0.440. The molecule has 0 radical (unpaired) electrons. The molecule has 22 heavy (non-hydrogen) atoms. The van der Waals surface area contributed by atoms with Crippen LogP contribution in [-0.2, 0) is 9.53 Å². The predicted molar refractivity (Wildman–Crippen MR) is 82.5 cm³/mol. The van der Waals surface area contributed by atoms with Crippen LogP contribution in [0.4, 0.5) is 0 Å². The number of likely N-dealkylation sites (tertiary alicyclic amines) is 1. The fourth-order valence-corrected chi connectivity index (χ4v) is 2.88. The van der Waals surface area contributed by atoms with Gasteiger partial charge in [0.05, 0.1) is 0 Å². The fraction of sp³-hybridized carbons (Fsp3) is 0.812. The van der Waals surface area contributed by atoms with E-state index in [1.165, 1.54) is 0 Å². The highest BCUT2D eigenvalue weighted by molar-refractivity contribution is 5.76. The normalized spacial score (nSPS) is 19.1. The molecular formula is C16H27N3O3. The van der Waals surface area contributed by atoms with Gasteiger partial charge in [-0.2, -0.15) is 4.98 Å². The highest BCUT2D eigenvalue weighted by Crippen LogP contribution is 2.28. The number of hydrogen-bond donors (Lipinski definition) is 0. The monoisotopic (exact) mass is 309 g/mol. The highest BCUT2D eigenvalue weighted by Gasteiger charge is 2.33. The number of piperidine rings is 1. The molecule has 124 valence electrons. The molecule has 0 saturated carbocycles. The highest BCUT2D eigenvalue weighted by atomic mass is 16.6. The molecule has 0 unspecified atom stereocenters. The SMILES string of the molecule is CC[C@H](C(=O)OC(C)(C)C)N1CCC(c2nc(C)no2)CC1. The molecule has 2 heterocycles. The molecular weight excluding hydrogens is 282 g/mol. The van der Waals surface area contributed by atoms with Crippen LogP contribution in [-0.4, -0.2) is 45.7 Å². The van der Waals surface area contributed by atoms with E-state index in [0.29, 0.717) is 11.7 Å². The maximum absolute atomic E-state index is 12.3. The van der Waals surface area contributed by atoms with Crippen LogP contribution in [0.25, 0.3) is 0 Å². The summed E-state index contributed by atoms with van der Waals surface area (Å²) in [7, 11) is 0. The van der Waals surface area contributed by atoms with E-state index in [4.69, 9.17) is 9.26 Å². The number of carbonyl (C=O) groups excluding carboxylic acids is 1. The molecule has 1 fully saturated rings. The molecule has 0 bridgehead atoms. The molecule has 0 aliphatic carbocycles. The van der Waals surface area contributed by atoms with E-state index in [9.17, 15) is 4.79 Å². The summed E-state index contributed by atoms with van der Waals surface area (Å²) in [5.74, 6) is 1.58. The van der Waals surface area contributed by atoms with E-state index < -0.39 is 5.60 Å². The van der Waals surface area contributed by atoms with Gasteiger partial charge in [-0.1, -0.05) is 12.1 Å². The van der Waals surface area contributed by atoms with Gasteiger partial charge in [-0.05, 0) is 60.0 Å². The van der Waals surface area contributed by atoms with E-state index in [2.05, 4.69) is 15.0 Å². The van der Waals surface area contributed by atoms with Gasteiger partial charge in [-0.15, -0.1) is 0 Å². The number of rotatable bonds is 4. The van der Waals surface area contributed by atoms with Crippen LogP contribution in [0.15, 0.2) is 4.52 Å². The van der Waals surface area contributed by atoms with Gasteiger partial charge >= 0.3 is 5.97 Å². The Hall–Kier alpha value is -1.43. The second-order valence-electron chi connectivity index (χ2n) is 6.95. The van der Waals surface area contributed by atoms with Crippen LogP contribution < -0.4 is 0 Å². The first-order chi connectivity index (χ1) is 10.3. The van der Waals surface area contributed by atoms with E-state index in [1.807, 2.05) is 34.6 Å². The Kier molecular flexibility index (Phi) is 5.21. The Morgan fingerprint density at radius 3 is 2.50 bits per heavy atom. The average Bonchev–Trinajstić information content (AvgIpc) is 2.85. The minimum absolute atomic E-state index is 0.123. The Morgan fingerprint density at radius 2 is 2.05 bits per heavy atom. The molecule has 1 atom stereocenters. The molecule has 1 aliphatic rings. The van der Waals surface area contributed by atoms with Gasteiger partial charge in [0.25, 0.3) is 0 Å². The lowest BCUT2D eigenvalue weighted by atomic mass is 9.95. The van der Waals surface area contributed by atoms with E-state index in [0.717, 1.165) is 38.2 Å². The summed E-state index contributed by atoms with van der Waals surface area (Å²) in [5.41, 5.74) is -0.440. The smallest absolute Gasteiger partial charge is 0.323 e. The van der Waals surface area contributed by atoms with Crippen LogP contribution in [0.3, 0.4) is 0 Å². The van der Waals surface area contributed by atoms with Crippen molar-refractivity contribution >= 4 is 5.97 Å². The molecule has 0 amide bonds. The second-order valence-corrected chi connectivity index (χ2v) is 6.95. The first-order valence-electron chi connectivity index (χ1n) is 8.07. The van der Waals surface area contributed by atoms with Crippen molar-refractivity contribution in [1.82, 2.24) is 15.0 Å². The Balaban J connectivity index is 1.92. The quantitative estimate of drug-likeness (QED) is 0.797. The van der Waals surface area contributed by atoms with Gasteiger partial charge in [0.2, 0.25) is 5.89 Å². The number of nitrogens with zero attached hydrogens (tertiary/aromatic N) is 3. The molecule has 1 saturated heterocycles. The zero-order chi connectivity index (χ0) is 16.3. The van der Waals surface area contributed by atoms with Crippen LogP contribution in [0.2, 0.25) is 0 Å². The Labute approximate surface area is 132 Å². The molecule has 1 aliphatic heterocycles. The van der Waals surface area contributed by atoms with E-state index in [-0.39, 0.29) is 12.0 Å². The number of hydrogen-bond acceptors (Lipinski definition) is 6. The topological polar surface area (TPSA) is 68.5 Å². The maximum Gasteiger partial charge on any atom is 0.323 e. The van der Waals surface area contributed by atoms with Gasteiger partial charge in [0, 0.05) is 5.92 Å². The lowest BCUT2D eigenvalue weighted by Gasteiger charge is -2.36. The number of aromatic nitrogens is 2. The third-order valence-electron chi connectivity index (χ3n) is 3.93. The summed E-state index contributed by atoms with van der Waals surface area (Å²) in [5, 5.41) is 3.86. The summed E-state index contributed by atoms with van der Waals surface area (Å²) < 4.78 is 10.8. The van der Waals surface area contributed by atoms with Crippen molar-refractivity contribution in [2.24, 2.45) is 0 Å². The summed E-state index contributed by atoms with van der Waals surface area (Å²) in [6, 6.07) is -0.162. The van der Waals surface area contributed by atoms with Gasteiger partial charge in [0.15, 0.2) is 5.82 Å². The van der Waals surface area contributed by atoms with Crippen LogP contribution >= 0.6 is 0 Å². The second kappa shape index (κ2) is 6.77. The standard InChI is InChI=1S/C16H27N3O3/c1-6-13(15(20)21-16(3,4)5)19-9-7-12(8-10-19)14-17-11(2)18-22-14/h12-13H,6-10H2,1-5H3/t13-/m1/s1. The maximum atomic E-state index is 12.3. The van der Waals surface area contributed by atoms with Crippen LogP contribution in [0.1, 0.15) is 64.6 Å². The third-order valence-corrected chi connectivity index (χ3v) is 3.93. The van der Waals surface area contributed by atoms with Gasteiger partial charge in [0.1, 0.15) is 11.6 Å². The van der Waals surface area contributed by atoms with Crippen molar-refractivity contribution in [3.63, 3.8) is 0 Å². The molecule has 6 heteroatoms. The van der Waals surface area contributed by atoms with Crippen LogP contribution in [0, 0.1) is 6.92 Å². The zero-order valence-electron chi connectivity index (χ0n) is 14.3. The first-order valence-corrected chi connectivity index (χ1v) is 8.07. The largest absolute Gasteiger partial charge is 0.459 e. The molecule has 0 spiro atoms. The summed E-state index contributed by atoms with van der Waals surface area (Å²) in [4.78, 5) is 18.9. The van der Waals surface area contributed by atoms with Crippen molar-refractivity contribution in [2.75, 3.05) is 13.1 Å². The third kappa shape index (κ3) is 4.29. The summed E-state index contributed by atoms with van der Waals surface area (Å²) >= 11 is 0. The van der Waals surface area contributed by atoms with Crippen molar-refractivity contribution < 1.29 is 14.1 Å². The predicted octanol–water partition coefficient (Wildman–Crippen LogP) is 2.68. The molecule has 6 nitrogen and oxygen atoms in total. The lowest BCUT2D eigenvalue weighted by Crippen LogP contribution is -2.47. The number of carbonyl (C=O) groups is 1. The van der Waals surface area contributed by atoms with Crippen molar-refractivity contribution in [3.05, 3.63) is 11.7 Å². The molecule has 1 aromatic rings. The van der Waals surface area contributed by atoms with E-state index in [1.54, 1.807) is 0 Å². The van der Waals surface area contributed by atoms with Crippen molar-refractivity contribution in [1.29, 1.82) is 0 Å². The fourth-order valence-electron chi connectivity index (χ4n) is 2.88. The minimum Gasteiger partial charge on any atom is -0.459 e. The van der Waals surface area contributed by atoms with Gasteiger partial charge in [-0.25, -0.2) is 0 Å². The Morgan fingerprint density at radius 1 is 1.41 bits per heavy atom. The Bertz CT molecular complexity index is 499. The molecule has 2 rings (SSSR count). The van der Waals surface area contributed by atoms with Crippen molar-refractivity contribution in [2.45, 2.75) is 71.4 Å². The first kappa shape index (κ1) is 16.9. The molecule has 0 aromatic carbocycles. The van der Waals surface area contributed by atoms with Crippen molar-refractivity contribution in [3.8, 4) is 0 Å². The zero-order valence-corrected chi connectivity index (χ0v) is 14.3. The molecule has 1 aromatic heterocycles. The van der Waals surface area contributed by atoms with Gasteiger partial charge < -0.3 is 9.26 Å². The van der Waals surface area contributed by atoms with Gasteiger partial charge in [-0.3, -0.25) is 9.69 Å². The number of ether oxygens (including phenoxy) is 1. The number of aryl methyl sites for hydroxylation is 1. The summed E-state index contributed by atoms with van der Waals surface area (Å²) in [6.45, 7) is 11.3. The van der Waals surface area contributed by atoms with E-state index >= 15 is 0 Å².